The van der Waals surface area contributed by atoms with Gasteiger partial charge in [-0.2, -0.15) is 0 Å². The molecule has 0 N–H and O–H groups in total. The summed E-state index contributed by atoms with van der Waals surface area (Å²) in [5, 5.41) is 7.28. The van der Waals surface area contributed by atoms with Gasteiger partial charge in [0.2, 0.25) is 4.47 Å². The maximum absolute atomic E-state index is 12.8. The highest BCUT2D eigenvalue weighted by Crippen LogP contribution is 2.28. The van der Waals surface area contributed by atoms with Crippen molar-refractivity contribution >= 4 is 22.9 Å². The Morgan fingerprint density at radius 2 is 1.67 bits per heavy atom. The smallest absolute Gasteiger partial charge is 0.204 e. The van der Waals surface area contributed by atoms with Crippen molar-refractivity contribution in [2.75, 3.05) is 0 Å². The fraction of sp³-hybridized carbons (Fsp3) is 0. The molecule has 0 radical (unpaired) electrons. The lowest BCUT2D eigenvalue weighted by Crippen LogP contribution is -1.91. The standard InChI is InChI=1S/C8H2ClF3N2S/c9-8-14-13-7(15-8)3-1-4(10)6(12)5(11)2-3/h1-2H. The Morgan fingerprint density at radius 1 is 1.07 bits per heavy atom. The molecule has 0 aliphatic rings. The molecule has 0 aliphatic heterocycles. The molecule has 2 aromatic rings. The second kappa shape index (κ2) is 3.79. The first-order chi connectivity index (χ1) is 7.08. The molecule has 0 bridgehead atoms. The molecule has 0 saturated carbocycles. The third-order valence-electron chi connectivity index (χ3n) is 1.63. The number of aromatic nitrogens is 2. The number of halogens is 4. The number of rotatable bonds is 1. The Kier molecular flexibility index (Phi) is 2.62. The minimum atomic E-state index is -1.51. The van der Waals surface area contributed by atoms with E-state index in [-0.39, 0.29) is 15.0 Å². The molecule has 0 spiro atoms. The molecule has 1 aromatic carbocycles. The fourth-order valence-corrected chi connectivity index (χ4v) is 1.82. The second-order valence-corrected chi connectivity index (χ2v) is 4.17. The third kappa shape index (κ3) is 1.95. The van der Waals surface area contributed by atoms with Crippen LogP contribution in [0.15, 0.2) is 12.1 Å². The zero-order valence-electron chi connectivity index (χ0n) is 6.97. The largest absolute Gasteiger partial charge is 0.207 e. The molecule has 1 aromatic heterocycles. The highest BCUT2D eigenvalue weighted by atomic mass is 35.5. The fourth-order valence-electron chi connectivity index (χ4n) is 1.00. The normalized spacial score (nSPS) is 10.7. The summed E-state index contributed by atoms with van der Waals surface area (Å²) in [6.07, 6.45) is 0. The van der Waals surface area contributed by atoms with E-state index in [0.29, 0.717) is 0 Å². The number of nitrogens with zero attached hydrogens (tertiary/aromatic N) is 2. The van der Waals surface area contributed by atoms with Crippen LogP contribution in [-0.2, 0) is 0 Å². The first-order valence-electron chi connectivity index (χ1n) is 3.72. The lowest BCUT2D eigenvalue weighted by atomic mass is 10.2. The quantitative estimate of drug-likeness (QED) is 0.726. The number of hydrogen-bond donors (Lipinski definition) is 0. The lowest BCUT2D eigenvalue weighted by molar-refractivity contribution is 0.447. The average molecular weight is 251 g/mol. The van der Waals surface area contributed by atoms with Gasteiger partial charge in [0.15, 0.2) is 17.5 Å². The van der Waals surface area contributed by atoms with Crippen LogP contribution in [0.4, 0.5) is 13.2 Å². The predicted octanol–water partition coefficient (Wildman–Crippen LogP) is 3.28. The van der Waals surface area contributed by atoms with Crippen LogP contribution in [0.5, 0.6) is 0 Å². The summed E-state index contributed by atoms with van der Waals surface area (Å²) in [7, 11) is 0. The van der Waals surface area contributed by atoms with Crippen molar-refractivity contribution in [3.05, 3.63) is 34.1 Å². The van der Waals surface area contributed by atoms with Crippen LogP contribution in [0.1, 0.15) is 0 Å². The SMILES string of the molecule is Fc1cc(-c2nnc(Cl)s2)cc(F)c1F. The molecule has 0 saturated heterocycles. The summed E-state index contributed by atoms with van der Waals surface area (Å²) in [4.78, 5) is 0. The van der Waals surface area contributed by atoms with Gasteiger partial charge >= 0.3 is 0 Å². The molecule has 2 nitrogen and oxygen atoms in total. The van der Waals surface area contributed by atoms with Crippen LogP contribution < -0.4 is 0 Å². The molecule has 2 rings (SSSR count). The van der Waals surface area contributed by atoms with Gasteiger partial charge in [-0.25, -0.2) is 13.2 Å². The van der Waals surface area contributed by atoms with Crippen LogP contribution in [0.25, 0.3) is 10.6 Å². The van der Waals surface area contributed by atoms with E-state index in [1.54, 1.807) is 0 Å². The van der Waals surface area contributed by atoms with E-state index in [2.05, 4.69) is 10.2 Å². The zero-order valence-corrected chi connectivity index (χ0v) is 8.54. The van der Waals surface area contributed by atoms with Crippen molar-refractivity contribution in [1.82, 2.24) is 10.2 Å². The van der Waals surface area contributed by atoms with Crippen LogP contribution in [0.2, 0.25) is 4.47 Å². The molecule has 0 amide bonds. The van der Waals surface area contributed by atoms with Gasteiger partial charge in [0.25, 0.3) is 0 Å². The molecule has 0 aliphatic carbocycles. The third-order valence-corrected chi connectivity index (χ3v) is 2.70. The molecule has 78 valence electrons. The molecule has 0 fully saturated rings. The molecular formula is C8H2ClF3N2S. The van der Waals surface area contributed by atoms with Crippen molar-refractivity contribution in [2.24, 2.45) is 0 Å². The van der Waals surface area contributed by atoms with E-state index >= 15 is 0 Å². The van der Waals surface area contributed by atoms with E-state index in [4.69, 9.17) is 11.6 Å². The molecule has 15 heavy (non-hydrogen) atoms. The maximum atomic E-state index is 12.8. The van der Waals surface area contributed by atoms with E-state index in [0.717, 1.165) is 23.5 Å². The minimum Gasteiger partial charge on any atom is -0.204 e. The highest BCUT2D eigenvalue weighted by Gasteiger charge is 2.13. The van der Waals surface area contributed by atoms with Gasteiger partial charge in [0.1, 0.15) is 5.01 Å². The molecular weight excluding hydrogens is 249 g/mol. The molecule has 0 unspecified atom stereocenters. The van der Waals surface area contributed by atoms with E-state index in [1.807, 2.05) is 0 Å². The minimum absolute atomic E-state index is 0.107. The number of benzene rings is 1. The Labute approximate surface area is 91.3 Å². The topological polar surface area (TPSA) is 25.8 Å². The monoisotopic (exact) mass is 250 g/mol. The van der Waals surface area contributed by atoms with Crippen LogP contribution in [-0.4, -0.2) is 10.2 Å². The molecule has 0 atom stereocenters. The van der Waals surface area contributed by atoms with Gasteiger partial charge in [-0.15, -0.1) is 10.2 Å². The van der Waals surface area contributed by atoms with E-state index < -0.39 is 17.5 Å². The Bertz CT molecular complexity index is 491. The van der Waals surface area contributed by atoms with Crippen molar-refractivity contribution < 1.29 is 13.2 Å². The van der Waals surface area contributed by atoms with Gasteiger partial charge in [-0.05, 0) is 23.7 Å². The van der Waals surface area contributed by atoms with Crippen LogP contribution >= 0.6 is 22.9 Å². The Morgan fingerprint density at radius 3 is 2.13 bits per heavy atom. The Hall–Kier alpha value is -1.14. The summed E-state index contributed by atoms with van der Waals surface area (Å²) in [5.74, 6) is -4.04. The van der Waals surface area contributed by atoms with Crippen molar-refractivity contribution in [1.29, 1.82) is 0 Å². The first kappa shape index (κ1) is 10.4. The van der Waals surface area contributed by atoms with Crippen molar-refractivity contribution in [3.63, 3.8) is 0 Å². The molecule has 7 heteroatoms. The van der Waals surface area contributed by atoms with E-state index in [9.17, 15) is 13.2 Å². The van der Waals surface area contributed by atoms with Gasteiger partial charge < -0.3 is 0 Å². The number of hydrogen-bond acceptors (Lipinski definition) is 3. The van der Waals surface area contributed by atoms with Crippen LogP contribution in [0, 0.1) is 17.5 Å². The van der Waals surface area contributed by atoms with E-state index in [1.165, 1.54) is 0 Å². The summed E-state index contributed by atoms with van der Waals surface area (Å²) >= 11 is 6.46. The summed E-state index contributed by atoms with van der Waals surface area (Å²) in [6, 6.07) is 1.69. The lowest BCUT2D eigenvalue weighted by Gasteiger charge is -1.98. The van der Waals surface area contributed by atoms with Gasteiger partial charge in [0, 0.05) is 5.56 Å². The summed E-state index contributed by atoms with van der Waals surface area (Å²) < 4.78 is 38.5. The second-order valence-electron chi connectivity index (χ2n) is 2.61. The Balaban J connectivity index is 2.55. The average Bonchev–Trinajstić information content (AvgIpc) is 2.60. The van der Waals surface area contributed by atoms with Crippen molar-refractivity contribution in [2.45, 2.75) is 0 Å². The highest BCUT2D eigenvalue weighted by molar-refractivity contribution is 7.18. The molecule has 1 heterocycles. The zero-order chi connectivity index (χ0) is 11.0. The van der Waals surface area contributed by atoms with Gasteiger partial charge in [0.05, 0.1) is 0 Å². The summed E-state index contributed by atoms with van der Waals surface area (Å²) in [6.45, 7) is 0. The van der Waals surface area contributed by atoms with Crippen molar-refractivity contribution in [3.8, 4) is 10.6 Å². The first-order valence-corrected chi connectivity index (χ1v) is 4.91. The predicted molar refractivity (Wildman–Crippen MR) is 50.2 cm³/mol. The van der Waals surface area contributed by atoms with Gasteiger partial charge in [-0.1, -0.05) is 11.3 Å². The maximum Gasteiger partial charge on any atom is 0.207 e. The van der Waals surface area contributed by atoms with Gasteiger partial charge in [-0.3, -0.25) is 0 Å². The van der Waals surface area contributed by atoms with Crippen LogP contribution in [0.3, 0.4) is 0 Å². The summed E-state index contributed by atoms with van der Waals surface area (Å²) in [5.41, 5.74) is 0.107.